The van der Waals surface area contributed by atoms with Gasteiger partial charge in [0.15, 0.2) is 0 Å². The second kappa shape index (κ2) is 9.14. The number of hydrogen-bond acceptors (Lipinski definition) is 3. The summed E-state index contributed by atoms with van der Waals surface area (Å²) < 4.78 is 0. The molecule has 1 unspecified atom stereocenters. The number of carbonyl (C=O) groups excluding carboxylic acids is 2. The summed E-state index contributed by atoms with van der Waals surface area (Å²) in [4.78, 5) is 24.0. The van der Waals surface area contributed by atoms with Crippen LogP contribution in [0.25, 0.3) is 11.1 Å². The summed E-state index contributed by atoms with van der Waals surface area (Å²) in [6.07, 6.45) is 0.252. The first-order valence-corrected chi connectivity index (χ1v) is 9.83. The fourth-order valence-corrected chi connectivity index (χ4v) is 3.41. The number of rotatable bonds is 7. The van der Waals surface area contributed by atoms with Crippen molar-refractivity contribution in [2.45, 2.75) is 19.4 Å². The van der Waals surface area contributed by atoms with Crippen molar-refractivity contribution in [3.63, 3.8) is 0 Å². The topological polar surface area (TPSA) is 58.2 Å². The Bertz CT molecular complexity index is 874. The van der Waals surface area contributed by atoms with E-state index in [1.807, 2.05) is 42.6 Å². The van der Waals surface area contributed by atoms with Crippen molar-refractivity contribution >= 4 is 23.2 Å². The van der Waals surface area contributed by atoms with Gasteiger partial charge < -0.3 is 10.6 Å². The Morgan fingerprint density at radius 3 is 2.33 bits per heavy atom. The molecule has 0 saturated carbocycles. The maximum Gasteiger partial charge on any atom is 0.252 e. The number of carbonyl (C=O) groups is 2. The third-order valence-electron chi connectivity index (χ3n) is 4.32. The highest BCUT2D eigenvalue weighted by atomic mass is 32.1. The van der Waals surface area contributed by atoms with Crippen LogP contribution < -0.4 is 10.6 Å². The zero-order chi connectivity index (χ0) is 19.1. The van der Waals surface area contributed by atoms with Crippen LogP contribution in [0.3, 0.4) is 0 Å². The van der Waals surface area contributed by atoms with E-state index in [4.69, 9.17) is 0 Å². The maximum atomic E-state index is 12.1. The molecule has 0 radical (unpaired) electrons. The smallest absolute Gasteiger partial charge is 0.252 e. The van der Waals surface area contributed by atoms with Crippen molar-refractivity contribution in [1.82, 2.24) is 10.6 Å². The minimum Gasteiger partial charge on any atom is -0.351 e. The standard InChI is InChI=1S/C22H22N2O2S/c1-16(17-7-9-19(10-8-17)18-5-3-2-4-6-18)24-21(25)11-13-23-22(26)20-12-14-27-15-20/h2-10,12,14-16H,11,13H2,1H3,(H,23,26)(H,24,25). The highest BCUT2D eigenvalue weighted by Crippen LogP contribution is 2.21. The molecule has 2 amide bonds. The highest BCUT2D eigenvalue weighted by molar-refractivity contribution is 7.08. The van der Waals surface area contributed by atoms with E-state index in [9.17, 15) is 9.59 Å². The highest BCUT2D eigenvalue weighted by Gasteiger charge is 2.11. The Balaban J connectivity index is 1.47. The summed E-state index contributed by atoms with van der Waals surface area (Å²) in [5.74, 6) is -0.228. The van der Waals surface area contributed by atoms with Gasteiger partial charge in [-0.05, 0) is 35.1 Å². The van der Waals surface area contributed by atoms with Crippen LogP contribution in [-0.2, 0) is 4.79 Å². The Hall–Kier alpha value is -2.92. The first-order valence-electron chi connectivity index (χ1n) is 8.88. The van der Waals surface area contributed by atoms with Crippen LogP contribution in [0.5, 0.6) is 0 Å². The van der Waals surface area contributed by atoms with Crippen LogP contribution in [0.1, 0.15) is 35.3 Å². The Morgan fingerprint density at radius 1 is 0.963 bits per heavy atom. The second-order valence-electron chi connectivity index (χ2n) is 6.30. The molecule has 5 heteroatoms. The van der Waals surface area contributed by atoms with E-state index in [2.05, 4.69) is 34.9 Å². The molecule has 0 aliphatic heterocycles. The molecule has 138 valence electrons. The summed E-state index contributed by atoms with van der Waals surface area (Å²) in [5, 5.41) is 9.38. The van der Waals surface area contributed by atoms with Gasteiger partial charge in [-0.2, -0.15) is 11.3 Å². The Labute approximate surface area is 163 Å². The summed E-state index contributed by atoms with van der Waals surface area (Å²) >= 11 is 1.47. The maximum absolute atomic E-state index is 12.1. The lowest BCUT2D eigenvalue weighted by Crippen LogP contribution is -2.31. The second-order valence-corrected chi connectivity index (χ2v) is 7.08. The minimum absolute atomic E-state index is 0.0831. The molecule has 1 atom stereocenters. The predicted octanol–water partition coefficient (Wildman–Crippen LogP) is 4.41. The van der Waals surface area contributed by atoms with E-state index in [0.717, 1.165) is 11.1 Å². The predicted molar refractivity (Wildman–Crippen MR) is 110 cm³/mol. The van der Waals surface area contributed by atoms with Gasteiger partial charge in [0, 0.05) is 23.9 Å². The molecule has 1 heterocycles. The molecule has 0 bridgehead atoms. The molecule has 1 aromatic heterocycles. The molecule has 3 aromatic rings. The van der Waals surface area contributed by atoms with Crippen LogP contribution in [0.2, 0.25) is 0 Å². The van der Waals surface area contributed by atoms with Gasteiger partial charge >= 0.3 is 0 Å². The fourth-order valence-electron chi connectivity index (χ4n) is 2.78. The summed E-state index contributed by atoms with van der Waals surface area (Å²) in [7, 11) is 0. The lowest BCUT2D eigenvalue weighted by Gasteiger charge is -2.15. The molecular weight excluding hydrogens is 356 g/mol. The molecule has 0 spiro atoms. The monoisotopic (exact) mass is 378 g/mol. The molecule has 0 aliphatic carbocycles. The Morgan fingerprint density at radius 2 is 1.67 bits per heavy atom. The van der Waals surface area contributed by atoms with Gasteiger partial charge in [-0.3, -0.25) is 9.59 Å². The number of nitrogens with one attached hydrogen (secondary N) is 2. The van der Waals surface area contributed by atoms with Crippen LogP contribution in [0, 0.1) is 0 Å². The molecule has 2 aromatic carbocycles. The number of benzene rings is 2. The molecular formula is C22H22N2O2S. The SMILES string of the molecule is CC(NC(=O)CCNC(=O)c1ccsc1)c1ccc(-c2ccccc2)cc1. The molecule has 27 heavy (non-hydrogen) atoms. The van der Waals surface area contributed by atoms with Gasteiger partial charge in [0.25, 0.3) is 5.91 Å². The van der Waals surface area contributed by atoms with E-state index >= 15 is 0 Å². The zero-order valence-corrected chi connectivity index (χ0v) is 16.0. The minimum atomic E-state index is -0.145. The lowest BCUT2D eigenvalue weighted by atomic mass is 10.0. The molecule has 0 saturated heterocycles. The van der Waals surface area contributed by atoms with E-state index in [1.165, 1.54) is 16.9 Å². The fraction of sp³-hybridized carbons (Fsp3) is 0.182. The number of amides is 2. The van der Waals surface area contributed by atoms with Crippen LogP contribution in [-0.4, -0.2) is 18.4 Å². The first kappa shape index (κ1) is 18.9. The largest absolute Gasteiger partial charge is 0.351 e. The molecule has 4 nitrogen and oxygen atoms in total. The van der Waals surface area contributed by atoms with Gasteiger partial charge in [-0.1, -0.05) is 54.6 Å². The average molecular weight is 378 g/mol. The van der Waals surface area contributed by atoms with Crippen molar-refractivity contribution in [3.8, 4) is 11.1 Å². The normalized spacial score (nSPS) is 11.6. The molecule has 0 fully saturated rings. The van der Waals surface area contributed by atoms with Crippen molar-refractivity contribution in [2.75, 3.05) is 6.54 Å². The van der Waals surface area contributed by atoms with Crippen molar-refractivity contribution < 1.29 is 9.59 Å². The van der Waals surface area contributed by atoms with E-state index in [1.54, 1.807) is 11.4 Å². The quantitative estimate of drug-likeness (QED) is 0.640. The summed E-state index contributed by atoms with van der Waals surface area (Å²) in [6.45, 7) is 2.28. The van der Waals surface area contributed by atoms with Gasteiger partial charge in [0.2, 0.25) is 5.91 Å². The van der Waals surface area contributed by atoms with Crippen LogP contribution in [0.4, 0.5) is 0 Å². The van der Waals surface area contributed by atoms with Crippen LogP contribution in [0.15, 0.2) is 71.4 Å². The third kappa shape index (κ3) is 5.28. The lowest BCUT2D eigenvalue weighted by molar-refractivity contribution is -0.121. The Kier molecular flexibility index (Phi) is 6.39. The van der Waals surface area contributed by atoms with E-state index in [0.29, 0.717) is 12.1 Å². The van der Waals surface area contributed by atoms with E-state index in [-0.39, 0.29) is 24.3 Å². The molecule has 3 rings (SSSR count). The van der Waals surface area contributed by atoms with Crippen LogP contribution >= 0.6 is 11.3 Å². The molecule has 0 aliphatic rings. The van der Waals surface area contributed by atoms with Gasteiger partial charge in [-0.25, -0.2) is 0 Å². The van der Waals surface area contributed by atoms with Gasteiger partial charge in [-0.15, -0.1) is 0 Å². The van der Waals surface area contributed by atoms with Gasteiger partial charge in [0.05, 0.1) is 6.04 Å². The third-order valence-corrected chi connectivity index (χ3v) is 5.00. The van der Waals surface area contributed by atoms with Gasteiger partial charge in [0.1, 0.15) is 0 Å². The summed E-state index contributed by atoms with van der Waals surface area (Å²) in [5.41, 5.74) is 3.99. The summed E-state index contributed by atoms with van der Waals surface area (Å²) in [6, 6.07) is 20.1. The zero-order valence-electron chi connectivity index (χ0n) is 15.1. The first-order chi connectivity index (χ1) is 13.1. The number of thiophene rings is 1. The number of hydrogen-bond donors (Lipinski definition) is 2. The van der Waals surface area contributed by atoms with Crippen molar-refractivity contribution in [1.29, 1.82) is 0 Å². The van der Waals surface area contributed by atoms with Crippen molar-refractivity contribution in [3.05, 3.63) is 82.6 Å². The van der Waals surface area contributed by atoms with Crippen molar-refractivity contribution in [2.24, 2.45) is 0 Å². The average Bonchev–Trinajstić information content (AvgIpc) is 3.23. The molecule has 2 N–H and O–H groups in total. The van der Waals surface area contributed by atoms with E-state index < -0.39 is 0 Å².